The van der Waals surface area contributed by atoms with Crippen LogP contribution in [-0.2, 0) is 47.4 Å². The molecule has 15 unspecified atom stereocenters. The van der Waals surface area contributed by atoms with Crippen LogP contribution in [-0.4, -0.2) is 264 Å². The average molecular weight is 911 g/mol. The zero-order valence-corrected chi connectivity index (χ0v) is 34.3. The number of ether oxygens (including phenoxy) is 10. The molecule has 5 saturated heterocycles. The van der Waals surface area contributed by atoms with Crippen molar-refractivity contribution < 1.29 is 124 Å². The van der Waals surface area contributed by atoms with Gasteiger partial charge in [-0.1, -0.05) is 33.1 Å². The highest BCUT2D eigenvalue weighted by atomic mass is 16.8. The molecule has 25 nitrogen and oxygen atoms in total. The zero-order valence-electron chi connectivity index (χ0n) is 34.3. The molecule has 0 radical (unpaired) electrons. The molecule has 0 aromatic carbocycles. The van der Waals surface area contributed by atoms with E-state index in [1.165, 1.54) is 6.92 Å². The quantitative estimate of drug-likeness (QED) is 0.0535. The second-order valence-electron chi connectivity index (χ2n) is 16.2. The molecule has 0 spiro atoms. The summed E-state index contributed by atoms with van der Waals surface area (Å²) in [5.74, 6) is -1.11. The van der Waals surface area contributed by atoms with Crippen LogP contribution in [0.3, 0.4) is 0 Å². The number of aliphatic hydroxyl groups is 15. The van der Waals surface area contributed by atoms with Crippen molar-refractivity contribution in [2.45, 2.75) is 187 Å². The van der Waals surface area contributed by atoms with E-state index >= 15 is 0 Å². The molecule has 0 aromatic heterocycles. The Morgan fingerprint density at radius 2 is 0.742 bits per heavy atom. The molecular weight excluding hydrogens is 844 g/mol. The maximum Gasteiger partial charge on any atom is 0.187 e. The third-order valence-corrected chi connectivity index (χ3v) is 11.9. The van der Waals surface area contributed by atoms with E-state index in [2.05, 4.69) is 0 Å². The van der Waals surface area contributed by atoms with Crippen molar-refractivity contribution in [3.63, 3.8) is 0 Å². The summed E-state index contributed by atoms with van der Waals surface area (Å²) in [7, 11) is 0. The van der Waals surface area contributed by atoms with Crippen molar-refractivity contribution >= 4 is 0 Å². The lowest BCUT2D eigenvalue weighted by Crippen LogP contribution is -2.67. The first-order valence-electron chi connectivity index (χ1n) is 20.9. The summed E-state index contributed by atoms with van der Waals surface area (Å²) in [6.45, 7) is -0.507. The summed E-state index contributed by atoms with van der Waals surface area (Å²) in [4.78, 5) is 0. The molecule has 0 aromatic rings. The van der Waals surface area contributed by atoms with E-state index in [1.54, 1.807) is 0 Å². The van der Waals surface area contributed by atoms with Gasteiger partial charge in [0.2, 0.25) is 0 Å². The number of hydrogen-bond acceptors (Lipinski definition) is 25. The Balaban J connectivity index is 1.26. The topological polar surface area (TPSA) is 396 Å². The Labute approximate surface area is 356 Å². The summed E-state index contributed by atoms with van der Waals surface area (Å²) in [6, 6.07) is 0. The van der Waals surface area contributed by atoms with Gasteiger partial charge in [-0.05, 0) is 6.42 Å². The third kappa shape index (κ3) is 11.4. The van der Waals surface area contributed by atoms with Gasteiger partial charge >= 0.3 is 0 Å². The van der Waals surface area contributed by atoms with Crippen molar-refractivity contribution in [2.24, 2.45) is 5.92 Å². The Hall–Kier alpha value is -1.00. The van der Waals surface area contributed by atoms with E-state index in [4.69, 9.17) is 47.4 Å². The summed E-state index contributed by atoms with van der Waals surface area (Å²) in [5, 5.41) is 159. The number of hydrogen-bond donors (Lipinski definition) is 15. The molecule has 5 fully saturated rings. The van der Waals surface area contributed by atoms with Gasteiger partial charge in [-0.25, -0.2) is 0 Å². The minimum Gasteiger partial charge on any atom is -0.394 e. The molecule has 5 heterocycles. The van der Waals surface area contributed by atoms with Crippen LogP contribution in [0, 0.1) is 5.92 Å². The van der Waals surface area contributed by atoms with Crippen LogP contribution in [0.5, 0.6) is 0 Å². The molecule has 5 aliphatic heterocycles. The molecule has 5 aliphatic rings. The van der Waals surface area contributed by atoms with Crippen LogP contribution in [0.4, 0.5) is 0 Å². The van der Waals surface area contributed by atoms with E-state index in [-0.39, 0.29) is 6.61 Å². The Kier molecular flexibility index (Phi) is 19.8. The van der Waals surface area contributed by atoms with Crippen molar-refractivity contribution in [2.75, 3.05) is 39.6 Å². The molecule has 15 N–H and O–H groups in total. The largest absolute Gasteiger partial charge is 0.394 e. The normalized spacial score (nSPS) is 49.2. The first kappa shape index (κ1) is 52.0. The van der Waals surface area contributed by atoms with E-state index in [0.29, 0.717) is 6.42 Å². The van der Waals surface area contributed by atoms with Gasteiger partial charge in [0.1, 0.15) is 110 Å². The standard InChI is InChI=1S/C37H66O25/c1-3-4-5-6-7-53-34-26(50)23(47)30(17(11-41)57-34)60-36-27(51)24(48)31(18(12-42)58-36)61-37-28(52)32(21(45)16(10-40)56-37)62-33-13(2)29(20(44)15(9-39)54-33)59-35-25(49)22(46)19(43)14(8-38)55-35/h13-52H,3-12H2,1-2H3/t13?,14?,15?,16?,17?,18?,19-,20-,21-,22?,23?,24?,25?,26?,27?,28?,29?,30+,31-,32?,33-,34+,35-,36-,37+/m0/s1. The highest BCUT2D eigenvalue weighted by molar-refractivity contribution is 4.98. The highest BCUT2D eigenvalue weighted by Crippen LogP contribution is 2.37. The SMILES string of the molecule is CCCCCCO[C@@H]1OC(CO)[C@@H](O[C@@H]2OC(CO)[C@H](O[C@H]3OC(CO)[C@H](O)C(O[C@@H]4OC(CO)[C@H](O)C(O[C@@H]5OC(CO)[C@H](O)C(O)C5O)C4C)C3O)C(O)C2O)C(O)C1O. The molecule has 0 amide bonds. The predicted molar refractivity (Wildman–Crippen MR) is 198 cm³/mol. The van der Waals surface area contributed by atoms with Gasteiger partial charge in [-0.3, -0.25) is 0 Å². The lowest BCUT2D eigenvalue weighted by molar-refractivity contribution is -0.391. The van der Waals surface area contributed by atoms with Crippen LogP contribution >= 0.6 is 0 Å². The predicted octanol–water partition coefficient (Wildman–Crippen LogP) is -8.04. The second kappa shape index (κ2) is 23.6. The number of rotatable bonds is 19. The third-order valence-electron chi connectivity index (χ3n) is 11.9. The molecule has 364 valence electrons. The molecule has 25 heteroatoms. The lowest BCUT2D eigenvalue weighted by atomic mass is 9.91. The monoisotopic (exact) mass is 910 g/mol. The smallest absolute Gasteiger partial charge is 0.187 e. The summed E-state index contributed by atoms with van der Waals surface area (Å²) < 4.78 is 57.0. The van der Waals surface area contributed by atoms with Gasteiger partial charge in [-0.2, -0.15) is 0 Å². The summed E-state index contributed by atoms with van der Waals surface area (Å²) in [5.41, 5.74) is 0. The van der Waals surface area contributed by atoms with Crippen LogP contribution < -0.4 is 0 Å². The van der Waals surface area contributed by atoms with Crippen LogP contribution in [0.15, 0.2) is 0 Å². The molecule has 5 rings (SSSR count). The molecular formula is C37H66O25. The summed E-state index contributed by atoms with van der Waals surface area (Å²) >= 11 is 0. The average Bonchev–Trinajstić information content (AvgIpc) is 3.26. The van der Waals surface area contributed by atoms with Crippen LogP contribution in [0.1, 0.15) is 39.5 Å². The van der Waals surface area contributed by atoms with E-state index < -0.39 is 186 Å². The lowest BCUT2D eigenvalue weighted by Gasteiger charge is -2.50. The fourth-order valence-corrected chi connectivity index (χ4v) is 8.11. The molecule has 0 aliphatic carbocycles. The van der Waals surface area contributed by atoms with Gasteiger partial charge < -0.3 is 124 Å². The molecule has 0 saturated carbocycles. The first-order valence-corrected chi connectivity index (χ1v) is 20.9. The molecule has 25 atom stereocenters. The Morgan fingerprint density at radius 3 is 1.26 bits per heavy atom. The van der Waals surface area contributed by atoms with E-state index in [9.17, 15) is 76.6 Å². The zero-order chi connectivity index (χ0) is 45.6. The fraction of sp³-hybridized carbons (Fsp3) is 1.00. The van der Waals surface area contributed by atoms with Gasteiger partial charge in [0.25, 0.3) is 0 Å². The Bertz CT molecular complexity index is 1300. The summed E-state index contributed by atoms with van der Waals surface area (Å²) in [6.07, 6.45) is -37.0. The van der Waals surface area contributed by atoms with Crippen molar-refractivity contribution in [1.82, 2.24) is 0 Å². The maximum atomic E-state index is 11.5. The fourth-order valence-electron chi connectivity index (χ4n) is 8.11. The van der Waals surface area contributed by atoms with Crippen molar-refractivity contribution in [3.05, 3.63) is 0 Å². The van der Waals surface area contributed by atoms with Gasteiger partial charge in [0.05, 0.1) is 39.1 Å². The van der Waals surface area contributed by atoms with Crippen LogP contribution in [0.25, 0.3) is 0 Å². The highest BCUT2D eigenvalue weighted by Gasteiger charge is 2.56. The minimum absolute atomic E-state index is 0.199. The van der Waals surface area contributed by atoms with Crippen molar-refractivity contribution in [1.29, 1.82) is 0 Å². The second-order valence-corrected chi connectivity index (χ2v) is 16.2. The minimum atomic E-state index is -2.02. The van der Waals surface area contributed by atoms with Gasteiger partial charge in [-0.15, -0.1) is 0 Å². The molecule has 0 bridgehead atoms. The van der Waals surface area contributed by atoms with Crippen molar-refractivity contribution in [3.8, 4) is 0 Å². The van der Waals surface area contributed by atoms with E-state index in [1.807, 2.05) is 6.92 Å². The maximum absolute atomic E-state index is 11.5. The van der Waals surface area contributed by atoms with Gasteiger partial charge in [0.15, 0.2) is 31.5 Å². The van der Waals surface area contributed by atoms with E-state index in [0.717, 1.165) is 19.3 Å². The van der Waals surface area contributed by atoms with Gasteiger partial charge in [0, 0.05) is 12.5 Å². The number of unbranched alkanes of at least 4 members (excludes halogenated alkanes) is 3. The Morgan fingerprint density at radius 1 is 0.355 bits per heavy atom. The number of aliphatic hydroxyl groups excluding tert-OH is 15. The first-order chi connectivity index (χ1) is 29.6. The molecule has 62 heavy (non-hydrogen) atoms. The van der Waals surface area contributed by atoms with Crippen LogP contribution in [0.2, 0.25) is 0 Å².